The predicted octanol–water partition coefficient (Wildman–Crippen LogP) is 3.67. The molecule has 0 bridgehead atoms. The molecule has 3 rings (SSSR count). The second kappa shape index (κ2) is 9.37. The number of carbonyl (C=O) groups is 1. The third-order valence-electron chi connectivity index (χ3n) is 4.85. The fourth-order valence-electron chi connectivity index (χ4n) is 3.13. The molecule has 32 heavy (non-hydrogen) atoms. The molecular formula is C23H23FN2O5S. The van der Waals surface area contributed by atoms with Gasteiger partial charge < -0.3 is 15.6 Å². The molecule has 0 amide bonds. The van der Waals surface area contributed by atoms with Crippen LogP contribution in [0.1, 0.15) is 11.1 Å². The summed E-state index contributed by atoms with van der Waals surface area (Å²) in [6.45, 7) is 1.04. The fourth-order valence-corrected chi connectivity index (χ4v) is 4.30. The Balaban J connectivity index is 1.94. The van der Waals surface area contributed by atoms with Gasteiger partial charge in [-0.1, -0.05) is 24.3 Å². The normalized spacial score (nSPS) is 11.5. The summed E-state index contributed by atoms with van der Waals surface area (Å²) in [4.78, 5) is 10.8. The number of hydrogen-bond acceptors (Lipinski definition) is 5. The van der Waals surface area contributed by atoms with Crippen LogP contribution in [-0.2, 0) is 21.4 Å². The predicted molar refractivity (Wildman–Crippen MR) is 119 cm³/mol. The van der Waals surface area contributed by atoms with E-state index in [1.54, 1.807) is 49.4 Å². The van der Waals surface area contributed by atoms with Crippen molar-refractivity contribution in [3.63, 3.8) is 0 Å². The van der Waals surface area contributed by atoms with E-state index in [0.29, 0.717) is 33.7 Å². The van der Waals surface area contributed by atoms with Gasteiger partial charge in [0.05, 0.1) is 4.90 Å². The number of nitrogens with two attached hydrogens (primary N) is 1. The van der Waals surface area contributed by atoms with Gasteiger partial charge in [-0.3, -0.25) is 0 Å². The van der Waals surface area contributed by atoms with E-state index in [4.69, 9.17) is 15.6 Å². The lowest BCUT2D eigenvalue weighted by molar-refractivity contribution is -0.139. The van der Waals surface area contributed by atoms with E-state index < -0.39 is 28.4 Å². The van der Waals surface area contributed by atoms with Gasteiger partial charge in [-0.05, 0) is 60.0 Å². The van der Waals surface area contributed by atoms with E-state index in [2.05, 4.69) is 0 Å². The molecule has 0 fully saturated rings. The Kier molecular flexibility index (Phi) is 6.81. The van der Waals surface area contributed by atoms with Crippen molar-refractivity contribution in [2.75, 3.05) is 19.4 Å². The molecule has 0 aliphatic carbocycles. The number of sulfonamides is 1. The molecule has 0 spiro atoms. The molecule has 0 unspecified atom stereocenters. The van der Waals surface area contributed by atoms with Crippen LogP contribution < -0.4 is 10.5 Å². The summed E-state index contributed by atoms with van der Waals surface area (Å²) in [6.07, 6.45) is 0. The number of rotatable bonds is 8. The molecule has 0 aliphatic heterocycles. The lowest BCUT2D eigenvalue weighted by atomic mass is 10.0. The maximum absolute atomic E-state index is 13.9. The van der Waals surface area contributed by atoms with E-state index in [1.807, 2.05) is 0 Å². The number of hydrogen-bond donors (Lipinski definition) is 2. The van der Waals surface area contributed by atoms with Crippen molar-refractivity contribution in [2.24, 2.45) is 0 Å². The lowest BCUT2D eigenvalue weighted by Gasteiger charge is -2.19. The number of anilines is 1. The number of aryl methyl sites for hydroxylation is 1. The molecule has 0 radical (unpaired) electrons. The first-order chi connectivity index (χ1) is 15.1. The van der Waals surface area contributed by atoms with Crippen LogP contribution in [0.5, 0.6) is 5.75 Å². The minimum Gasteiger partial charge on any atom is -0.481 e. The van der Waals surface area contributed by atoms with Crippen LogP contribution in [0.2, 0.25) is 0 Å². The largest absolute Gasteiger partial charge is 0.481 e. The summed E-state index contributed by atoms with van der Waals surface area (Å²) in [5.74, 6) is -1.39. The van der Waals surface area contributed by atoms with Crippen LogP contribution in [0.4, 0.5) is 10.1 Å². The van der Waals surface area contributed by atoms with Crippen molar-refractivity contribution in [3.8, 4) is 16.9 Å². The van der Waals surface area contributed by atoms with Gasteiger partial charge in [0.2, 0.25) is 10.0 Å². The van der Waals surface area contributed by atoms with Crippen LogP contribution in [-0.4, -0.2) is 37.5 Å². The number of halogens is 1. The van der Waals surface area contributed by atoms with E-state index in [-0.39, 0.29) is 11.4 Å². The molecule has 168 valence electrons. The second-order valence-electron chi connectivity index (χ2n) is 7.31. The summed E-state index contributed by atoms with van der Waals surface area (Å²) >= 11 is 0. The Morgan fingerprint density at radius 2 is 1.88 bits per heavy atom. The maximum Gasteiger partial charge on any atom is 0.341 e. The first-order valence-corrected chi connectivity index (χ1v) is 11.1. The molecule has 3 aromatic rings. The Morgan fingerprint density at radius 1 is 1.12 bits per heavy atom. The third kappa shape index (κ3) is 5.24. The van der Waals surface area contributed by atoms with Gasteiger partial charge in [0.15, 0.2) is 6.61 Å². The van der Waals surface area contributed by atoms with Gasteiger partial charge in [-0.15, -0.1) is 0 Å². The fraction of sp³-hybridized carbons (Fsp3) is 0.174. The molecule has 0 heterocycles. The lowest BCUT2D eigenvalue weighted by Crippen LogP contribution is -2.26. The maximum atomic E-state index is 13.9. The monoisotopic (exact) mass is 458 g/mol. The molecule has 0 saturated carbocycles. The van der Waals surface area contributed by atoms with Crippen LogP contribution >= 0.6 is 0 Å². The van der Waals surface area contributed by atoms with Crippen LogP contribution in [0.25, 0.3) is 11.1 Å². The highest BCUT2D eigenvalue weighted by atomic mass is 32.2. The SMILES string of the molecule is Cc1ccc(S(=O)(=O)N(C)Cc2ccc(OCC(=O)O)c(-c3cccc(N)c3)c2)cc1F. The summed E-state index contributed by atoms with van der Waals surface area (Å²) in [5, 5.41) is 8.94. The van der Waals surface area contributed by atoms with Crippen molar-refractivity contribution >= 4 is 21.7 Å². The molecule has 0 aliphatic rings. The van der Waals surface area contributed by atoms with Gasteiger partial charge in [-0.25, -0.2) is 17.6 Å². The summed E-state index contributed by atoms with van der Waals surface area (Å²) in [5.41, 5.74) is 8.64. The highest BCUT2D eigenvalue weighted by Gasteiger charge is 2.22. The average molecular weight is 459 g/mol. The number of nitrogens with zero attached hydrogens (tertiary/aromatic N) is 1. The van der Waals surface area contributed by atoms with Crippen LogP contribution in [0.15, 0.2) is 65.6 Å². The van der Waals surface area contributed by atoms with Gasteiger partial charge in [0.25, 0.3) is 0 Å². The third-order valence-corrected chi connectivity index (χ3v) is 6.65. The number of carboxylic acids is 1. The van der Waals surface area contributed by atoms with E-state index in [0.717, 1.165) is 10.4 Å². The van der Waals surface area contributed by atoms with Crippen LogP contribution in [0, 0.1) is 12.7 Å². The van der Waals surface area contributed by atoms with Crippen molar-refractivity contribution in [1.82, 2.24) is 4.31 Å². The summed E-state index contributed by atoms with van der Waals surface area (Å²) in [7, 11) is -2.52. The molecule has 0 aromatic heterocycles. The van der Waals surface area contributed by atoms with Crippen molar-refractivity contribution in [3.05, 3.63) is 77.6 Å². The van der Waals surface area contributed by atoms with Crippen LogP contribution in [0.3, 0.4) is 0 Å². The minimum absolute atomic E-state index is 0.00630. The smallest absolute Gasteiger partial charge is 0.341 e. The molecule has 0 atom stereocenters. The number of carboxylic acid groups (broad SMARTS) is 1. The first-order valence-electron chi connectivity index (χ1n) is 9.64. The number of benzene rings is 3. The van der Waals surface area contributed by atoms with Crippen molar-refractivity contribution in [1.29, 1.82) is 0 Å². The van der Waals surface area contributed by atoms with E-state index in [9.17, 15) is 17.6 Å². The Morgan fingerprint density at radius 3 is 2.53 bits per heavy atom. The zero-order chi connectivity index (χ0) is 23.5. The van der Waals surface area contributed by atoms with E-state index >= 15 is 0 Å². The first kappa shape index (κ1) is 23.2. The molecule has 9 heteroatoms. The minimum atomic E-state index is -3.93. The van der Waals surface area contributed by atoms with Gasteiger partial charge in [-0.2, -0.15) is 4.31 Å². The topological polar surface area (TPSA) is 110 Å². The Labute approximate surface area is 185 Å². The molecule has 7 nitrogen and oxygen atoms in total. The molecule has 0 saturated heterocycles. The quantitative estimate of drug-likeness (QED) is 0.499. The highest BCUT2D eigenvalue weighted by molar-refractivity contribution is 7.89. The van der Waals surface area contributed by atoms with Crippen molar-refractivity contribution in [2.45, 2.75) is 18.4 Å². The number of nitrogen functional groups attached to an aromatic ring is 1. The molecule has 3 aromatic carbocycles. The Hall–Kier alpha value is -3.43. The van der Waals surface area contributed by atoms with E-state index in [1.165, 1.54) is 19.2 Å². The zero-order valence-corrected chi connectivity index (χ0v) is 18.4. The molecular weight excluding hydrogens is 435 g/mol. The van der Waals surface area contributed by atoms with Gasteiger partial charge in [0.1, 0.15) is 11.6 Å². The molecule has 3 N–H and O–H groups in total. The standard InChI is InChI=1S/C23H23FN2O5S/c1-15-6-8-19(12-21(15)24)32(29,30)26(2)13-16-7-9-22(31-14-23(27)28)20(10-16)17-4-3-5-18(25)11-17/h3-12H,13-14,25H2,1-2H3,(H,27,28). The average Bonchev–Trinajstić information content (AvgIpc) is 2.74. The number of ether oxygens (including phenoxy) is 1. The highest BCUT2D eigenvalue weighted by Crippen LogP contribution is 2.33. The number of aliphatic carboxylic acids is 1. The van der Waals surface area contributed by atoms with Crippen molar-refractivity contribution < 1.29 is 27.4 Å². The Bertz CT molecular complexity index is 1260. The summed E-state index contributed by atoms with van der Waals surface area (Å²) in [6, 6.07) is 15.7. The van der Waals surface area contributed by atoms with Gasteiger partial charge >= 0.3 is 5.97 Å². The zero-order valence-electron chi connectivity index (χ0n) is 17.6. The second-order valence-corrected chi connectivity index (χ2v) is 9.36. The summed E-state index contributed by atoms with van der Waals surface area (Å²) < 4.78 is 46.2. The van der Waals surface area contributed by atoms with Gasteiger partial charge in [0, 0.05) is 24.8 Å².